The van der Waals surface area contributed by atoms with Gasteiger partial charge in [0.1, 0.15) is 11.7 Å². The van der Waals surface area contributed by atoms with Crippen molar-refractivity contribution in [3.8, 4) is 0 Å². The third kappa shape index (κ3) is 6.41. The van der Waals surface area contributed by atoms with Crippen molar-refractivity contribution >= 4 is 12.0 Å². The van der Waals surface area contributed by atoms with Crippen LogP contribution in [0.1, 0.15) is 23.6 Å². The Hall–Kier alpha value is -3.36. The van der Waals surface area contributed by atoms with Gasteiger partial charge in [-0.25, -0.2) is 14.8 Å². The largest absolute Gasteiger partial charge is 0.446 e. The van der Waals surface area contributed by atoms with Crippen molar-refractivity contribution < 1.29 is 41.0 Å². The highest BCUT2D eigenvalue weighted by Crippen LogP contribution is 2.29. The third-order valence-electron chi connectivity index (χ3n) is 5.27. The maximum atomic E-state index is 12.9. The number of aromatic amines is 1. The predicted octanol–water partition coefficient (Wildman–Crippen LogP) is 2.45. The lowest BCUT2D eigenvalue weighted by Crippen LogP contribution is -2.57. The number of alkyl halides is 6. The van der Waals surface area contributed by atoms with Crippen LogP contribution in [-0.2, 0) is 23.5 Å². The van der Waals surface area contributed by atoms with Gasteiger partial charge in [-0.15, -0.1) is 0 Å². The monoisotopic (exact) mass is 509 g/mol. The van der Waals surface area contributed by atoms with E-state index in [2.05, 4.69) is 9.97 Å². The first kappa shape index (κ1) is 26.2. The van der Waals surface area contributed by atoms with Gasteiger partial charge in [-0.3, -0.25) is 9.69 Å². The summed E-state index contributed by atoms with van der Waals surface area (Å²) < 4.78 is 82.2. The normalized spacial score (nSPS) is 17.9. The van der Waals surface area contributed by atoms with Gasteiger partial charge in [-0.05, 0) is 18.6 Å². The first-order valence-corrected chi connectivity index (χ1v) is 10.3. The standard InChI is InChI=1S/C20H21F6N5O4/c1-11(4-12-5-15(20(24,25)26)16(33)27-6-12)35-18(34)31-3-2-30(9-14(31)10-32)17-28-7-13(8-29-17)19(21,22)23/h5-8,11,14,32H,2-4,9-10H2,1H3,(H,27,33)/t11-,14-/m0/s1. The number of hydrogen-bond acceptors (Lipinski definition) is 7. The fraction of sp³-hybridized carbons (Fsp3) is 0.500. The van der Waals surface area contributed by atoms with E-state index in [9.17, 15) is 41.0 Å². The quantitative estimate of drug-likeness (QED) is 0.596. The zero-order valence-electron chi connectivity index (χ0n) is 18.2. The lowest BCUT2D eigenvalue weighted by Gasteiger charge is -2.40. The molecule has 2 atom stereocenters. The Labute approximate surface area is 194 Å². The molecule has 15 heteroatoms. The second-order valence-corrected chi connectivity index (χ2v) is 7.89. The number of piperazine rings is 1. The molecule has 1 amide bonds. The van der Waals surface area contributed by atoms with Crippen molar-refractivity contribution in [2.45, 2.75) is 37.8 Å². The van der Waals surface area contributed by atoms with Gasteiger partial charge >= 0.3 is 18.4 Å². The summed E-state index contributed by atoms with van der Waals surface area (Å²) in [4.78, 5) is 36.2. The second-order valence-electron chi connectivity index (χ2n) is 7.89. The van der Waals surface area contributed by atoms with Gasteiger partial charge in [0.05, 0.1) is 18.2 Å². The van der Waals surface area contributed by atoms with E-state index in [0.29, 0.717) is 18.5 Å². The summed E-state index contributed by atoms with van der Waals surface area (Å²) in [6.07, 6.45) is -8.87. The fourth-order valence-corrected chi connectivity index (χ4v) is 3.53. The van der Waals surface area contributed by atoms with Crippen molar-refractivity contribution in [2.75, 3.05) is 31.1 Å². The van der Waals surface area contributed by atoms with Gasteiger partial charge in [0, 0.05) is 44.6 Å². The van der Waals surface area contributed by atoms with Gasteiger partial charge in [-0.1, -0.05) is 0 Å². The molecule has 0 aromatic carbocycles. The Morgan fingerprint density at radius 3 is 2.43 bits per heavy atom. The maximum absolute atomic E-state index is 12.9. The number of H-pyrrole nitrogens is 1. The molecule has 2 N–H and O–H groups in total. The average molecular weight is 509 g/mol. The van der Waals surface area contributed by atoms with Crippen LogP contribution in [-0.4, -0.2) is 69.4 Å². The molecule has 0 unspecified atom stereocenters. The number of nitrogens with zero attached hydrogens (tertiary/aromatic N) is 4. The number of ether oxygens (including phenoxy) is 1. The third-order valence-corrected chi connectivity index (χ3v) is 5.27. The van der Waals surface area contributed by atoms with E-state index in [4.69, 9.17) is 4.74 Å². The Balaban J connectivity index is 1.61. The number of carbonyl (C=O) groups is 1. The molecule has 0 saturated carbocycles. The molecule has 192 valence electrons. The summed E-state index contributed by atoms with van der Waals surface area (Å²) in [7, 11) is 0. The zero-order valence-corrected chi connectivity index (χ0v) is 18.2. The van der Waals surface area contributed by atoms with Crippen LogP contribution >= 0.6 is 0 Å². The smallest absolute Gasteiger partial charge is 0.421 e. The van der Waals surface area contributed by atoms with Gasteiger partial charge in [0.2, 0.25) is 5.95 Å². The number of hydrogen-bond donors (Lipinski definition) is 2. The molecule has 2 aromatic rings. The molecular weight excluding hydrogens is 488 g/mol. The Morgan fingerprint density at radius 1 is 1.20 bits per heavy atom. The highest BCUT2D eigenvalue weighted by atomic mass is 19.4. The van der Waals surface area contributed by atoms with E-state index >= 15 is 0 Å². The molecule has 3 heterocycles. The molecule has 3 rings (SSSR count). The van der Waals surface area contributed by atoms with E-state index in [1.54, 1.807) is 0 Å². The van der Waals surface area contributed by atoms with Crippen molar-refractivity contribution in [1.29, 1.82) is 0 Å². The maximum Gasteiger partial charge on any atom is 0.421 e. The number of aliphatic hydroxyl groups is 1. The number of rotatable bonds is 5. The fourth-order valence-electron chi connectivity index (χ4n) is 3.53. The first-order chi connectivity index (χ1) is 16.3. The molecule has 1 aliphatic rings. The van der Waals surface area contributed by atoms with Gasteiger partial charge in [-0.2, -0.15) is 26.3 Å². The van der Waals surface area contributed by atoms with E-state index < -0.39 is 53.9 Å². The SMILES string of the molecule is C[C@@H](Cc1c[nH]c(=O)c(C(F)(F)F)c1)OC(=O)N1CCN(c2ncc(C(F)(F)F)cn2)C[C@H]1CO. The number of amides is 1. The van der Waals surface area contributed by atoms with Crippen LogP contribution in [0.5, 0.6) is 0 Å². The Kier molecular flexibility index (Phi) is 7.57. The number of aliphatic hydroxyl groups excluding tert-OH is 1. The first-order valence-electron chi connectivity index (χ1n) is 10.3. The lowest BCUT2D eigenvalue weighted by atomic mass is 10.1. The molecule has 2 aromatic heterocycles. The minimum Gasteiger partial charge on any atom is -0.446 e. The van der Waals surface area contributed by atoms with Crippen LogP contribution < -0.4 is 10.5 Å². The van der Waals surface area contributed by atoms with Crippen LogP contribution in [0.4, 0.5) is 37.1 Å². The van der Waals surface area contributed by atoms with Crippen LogP contribution in [0.3, 0.4) is 0 Å². The summed E-state index contributed by atoms with van der Waals surface area (Å²) in [5, 5.41) is 9.72. The summed E-state index contributed by atoms with van der Waals surface area (Å²) >= 11 is 0. The molecular formula is C20H21F6N5O4. The van der Waals surface area contributed by atoms with Crippen LogP contribution in [0.15, 0.2) is 29.5 Å². The van der Waals surface area contributed by atoms with Crippen molar-refractivity contribution in [2.24, 2.45) is 0 Å². The molecule has 0 bridgehead atoms. The topological polar surface area (TPSA) is 112 Å². The summed E-state index contributed by atoms with van der Waals surface area (Å²) in [6, 6.07) is -0.109. The number of halogens is 6. The molecule has 0 spiro atoms. The van der Waals surface area contributed by atoms with E-state index in [-0.39, 0.29) is 37.6 Å². The van der Waals surface area contributed by atoms with E-state index in [0.717, 1.165) is 6.20 Å². The number of carbonyl (C=O) groups excluding carboxylic acids is 1. The van der Waals surface area contributed by atoms with Gasteiger partial charge in [0.25, 0.3) is 5.56 Å². The van der Waals surface area contributed by atoms with E-state index in [1.807, 2.05) is 4.98 Å². The predicted molar refractivity (Wildman–Crippen MR) is 109 cm³/mol. The van der Waals surface area contributed by atoms with Gasteiger partial charge in [0.15, 0.2) is 0 Å². The Bertz CT molecular complexity index is 1090. The number of anilines is 1. The average Bonchev–Trinajstić information content (AvgIpc) is 2.78. The molecule has 1 fully saturated rings. The van der Waals surface area contributed by atoms with Crippen LogP contribution in [0.25, 0.3) is 0 Å². The zero-order chi connectivity index (χ0) is 26.0. The minimum atomic E-state index is -4.84. The molecule has 35 heavy (non-hydrogen) atoms. The van der Waals surface area contributed by atoms with Crippen molar-refractivity contribution in [3.63, 3.8) is 0 Å². The molecule has 9 nitrogen and oxygen atoms in total. The highest BCUT2D eigenvalue weighted by Gasteiger charge is 2.36. The van der Waals surface area contributed by atoms with Crippen LogP contribution in [0.2, 0.25) is 0 Å². The van der Waals surface area contributed by atoms with Gasteiger partial charge < -0.3 is 19.7 Å². The number of pyridine rings is 1. The van der Waals surface area contributed by atoms with Crippen LogP contribution in [0, 0.1) is 0 Å². The summed E-state index contributed by atoms with van der Waals surface area (Å²) in [6.45, 7) is 1.14. The summed E-state index contributed by atoms with van der Waals surface area (Å²) in [5.41, 5.74) is -3.57. The molecule has 0 aliphatic carbocycles. The number of nitrogens with one attached hydrogen (secondary N) is 1. The lowest BCUT2D eigenvalue weighted by molar-refractivity contribution is -0.139. The minimum absolute atomic E-state index is 0.00336. The summed E-state index contributed by atoms with van der Waals surface area (Å²) in [5.74, 6) is -0.00336. The Morgan fingerprint density at radius 2 is 1.86 bits per heavy atom. The molecule has 0 radical (unpaired) electrons. The number of aromatic nitrogens is 3. The second kappa shape index (κ2) is 10.1. The highest BCUT2D eigenvalue weighted by molar-refractivity contribution is 5.69. The molecule has 1 aliphatic heterocycles. The van der Waals surface area contributed by atoms with E-state index in [1.165, 1.54) is 16.7 Å². The molecule has 1 saturated heterocycles. The van der Waals surface area contributed by atoms with Crippen molar-refractivity contribution in [1.82, 2.24) is 19.9 Å². The van der Waals surface area contributed by atoms with Crippen molar-refractivity contribution in [3.05, 3.63) is 51.7 Å².